The van der Waals surface area contributed by atoms with Crippen molar-refractivity contribution in [3.05, 3.63) is 102 Å². The minimum absolute atomic E-state index is 0.0199. The van der Waals surface area contributed by atoms with Gasteiger partial charge in [-0.3, -0.25) is 9.78 Å². The molecule has 0 bridgehead atoms. The van der Waals surface area contributed by atoms with Crippen LogP contribution in [0.25, 0.3) is 0 Å². The largest absolute Gasteiger partial charge is 0.370 e. The molecule has 1 aliphatic heterocycles. The molecule has 3 aromatic rings. The van der Waals surface area contributed by atoms with Crippen molar-refractivity contribution in [3.8, 4) is 0 Å². The predicted octanol–water partition coefficient (Wildman–Crippen LogP) is 4.15. The topological polar surface area (TPSA) is 42.4 Å². The molecule has 0 spiro atoms. The second kappa shape index (κ2) is 8.97. The number of morpholine rings is 1. The Kier molecular flexibility index (Phi) is 5.96. The van der Waals surface area contributed by atoms with Gasteiger partial charge in [0, 0.05) is 30.4 Å². The zero-order chi connectivity index (χ0) is 20.1. The van der Waals surface area contributed by atoms with E-state index in [0.29, 0.717) is 31.7 Å². The first kappa shape index (κ1) is 19.3. The van der Waals surface area contributed by atoms with Crippen LogP contribution in [0.15, 0.2) is 79.0 Å². The van der Waals surface area contributed by atoms with Crippen LogP contribution in [-0.4, -0.2) is 35.5 Å². The van der Waals surface area contributed by atoms with E-state index < -0.39 is 6.10 Å². The quantitative estimate of drug-likeness (QED) is 0.657. The zero-order valence-corrected chi connectivity index (χ0v) is 16.1. The highest BCUT2D eigenvalue weighted by molar-refractivity contribution is 5.84. The summed E-state index contributed by atoms with van der Waals surface area (Å²) >= 11 is 0. The molecule has 1 fully saturated rings. The van der Waals surface area contributed by atoms with Crippen molar-refractivity contribution < 1.29 is 13.9 Å². The van der Waals surface area contributed by atoms with E-state index in [-0.39, 0.29) is 17.6 Å². The summed E-state index contributed by atoms with van der Waals surface area (Å²) in [4.78, 5) is 19.7. The van der Waals surface area contributed by atoms with Crippen LogP contribution in [0.5, 0.6) is 0 Å². The molecule has 5 heteroatoms. The van der Waals surface area contributed by atoms with Gasteiger partial charge < -0.3 is 9.64 Å². The standard InChI is InChI=1S/C24H23FN2O2/c25-22-12-5-4-11-20(22)23-17-27(14-15-29-23)24(28)21(18-8-2-1-3-9-18)16-19-10-6-7-13-26-19/h1-13,21,23H,14-17H2. The zero-order valence-electron chi connectivity index (χ0n) is 16.1. The minimum atomic E-state index is -0.458. The van der Waals surface area contributed by atoms with Gasteiger partial charge in [-0.05, 0) is 23.8 Å². The van der Waals surface area contributed by atoms with Gasteiger partial charge in [0.25, 0.3) is 0 Å². The Morgan fingerprint density at radius 2 is 1.83 bits per heavy atom. The van der Waals surface area contributed by atoms with E-state index in [1.54, 1.807) is 29.3 Å². The van der Waals surface area contributed by atoms with E-state index in [1.165, 1.54) is 6.07 Å². The van der Waals surface area contributed by atoms with Crippen molar-refractivity contribution in [1.29, 1.82) is 0 Å². The Bertz CT molecular complexity index is 949. The van der Waals surface area contributed by atoms with E-state index >= 15 is 0 Å². The summed E-state index contributed by atoms with van der Waals surface area (Å²) in [6.07, 6.45) is 1.80. The number of hydrogen-bond donors (Lipinski definition) is 0. The van der Waals surface area contributed by atoms with Gasteiger partial charge in [-0.15, -0.1) is 0 Å². The molecule has 29 heavy (non-hydrogen) atoms. The van der Waals surface area contributed by atoms with Gasteiger partial charge in [0.15, 0.2) is 0 Å². The van der Waals surface area contributed by atoms with E-state index in [0.717, 1.165) is 11.3 Å². The van der Waals surface area contributed by atoms with Crippen molar-refractivity contribution in [2.24, 2.45) is 0 Å². The van der Waals surface area contributed by atoms with Crippen LogP contribution in [0, 0.1) is 5.82 Å². The molecule has 2 atom stereocenters. The van der Waals surface area contributed by atoms with Crippen molar-refractivity contribution in [1.82, 2.24) is 9.88 Å². The summed E-state index contributed by atoms with van der Waals surface area (Å²) in [7, 11) is 0. The van der Waals surface area contributed by atoms with E-state index in [9.17, 15) is 9.18 Å². The highest BCUT2D eigenvalue weighted by atomic mass is 19.1. The van der Waals surface area contributed by atoms with Crippen LogP contribution in [0.4, 0.5) is 4.39 Å². The van der Waals surface area contributed by atoms with Gasteiger partial charge in [0.05, 0.1) is 19.1 Å². The summed E-state index contributed by atoms with van der Waals surface area (Å²) in [6, 6.07) is 22.1. The smallest absolute Gasteiger partial charge is 0.230 e. The van der Waals surface area contributed by atoms with Gasteiger partial charge in [-0.25, -0.2) is 4.39 Å². The number of carbonyl (C=O) groups is 1. The lowest BCUT2D eigenvalue weighted by Crippen LogP contribution is -2.45. The number of hydrogen-bond acceptors (Lipinski definition) is 3. The molecule has 0 N–H and O–H groups in total. The van der Waals surface area contributed by atoms with E-state index in [1.807, 2.05) is 48.5 Å². The average molecular weight is 390 g/mol. The molecule has 2 unspecified atom stereocenters. The molecule has 4 rings (SSSR count). The predicted molar refractivity (Wildman–Crippen MR) is 109 cm³/mol. The molecule has 148 valence electrons. The van der Waals surface area contributed by atoms with Crippen LogP contribution in [0.1, 0.15) is 28.8 Å². The minimum Gasteiger partial charge on any atom is -0.370 e. The summed E-state index contributed by atoms with van der Waals surface area (Å²) in [6.45, 7) is 1.22. The third-order valence-corrected chi connectivity index (χ3v) is 5.27. The highest BCUT2D eigenvalue weighted by Crippen LogP contribution is 2.28. The molecular weight excluding hydrogens is 367 g/mol. The number of nitrogens with zero attached hydrogens (tertiary/aromatic N) is 2. The van der Waals surface area contributed by atoms with Crippen molar-refractivity contribution in [3.63, 3.8) is 0 Å². The third-order valence-electron chi connectivity index (χ3n) is 5.27. The average Bonchev–Trinajstić information content (AvgIpc) is 2.79. The Hall–Kier alpha value is -3.05. The fourth-order valence-electron chi connectivity index (χ4n) is 3.76. The van der Waals surface area contributed by atoms with Gasteiger partial charge >= 0.3 is 0 Å². The number of amides is 1. The molecule has 0 radical (unpaired) electrons. The molecular formula is C24H23FN2O2. The summed E-state index contributed by atoms with van der Waals surface area (Å²) in [5.74, 6) is -0.628. The van der Waals surface area contributed by atoms with Crippen LogP contribution < -0.4 is 0 Å². The first-order chi connectivity index (χ1) is 14.2. The molecule has 1 saturated heterocycles. The normalized spacial score (nSPS) is 17.7. The van der Waals surface area contributed by atoms with Crippen molar-refractivity contribution in [2.45, 2.75) is 18.4 Å². The van der Waals surface area contributed by atoms with E-state index in [4.69, 9.17) is 4.74 Å². The Morgan fingerprint density at radius 1 is 1.07 bits per heavy atom. The van der Waals surface area contributed by atoms with Gasteiger partial charge in [-0.2, -0.15) is 0 Å². The van der Waals surface area contributed by atoms with Crippen LogP contribution in [-0.2, 0) is 16.0 Å². The molecule has 2 heterocycles. The lowest BCUT2D eigenvalue weighted by atomic mass is 9.92. The van der Waals surface area contributed by atoms with Crippen molar-refractivity contribution in [2.75, 3.05) is 19.7 Å². The summed E-state index contributed by atoms with van der Waals surface area (Å²) < 4.78 is 20.0. The van der Waals surface area contributed by atoms with Crippen LogP contribution in [0.2, 0.25) is 0 Å². The summed E-state index contributed by atoms with van der Waals surface area (Å²) in [5.41, 5.74) is 2.32. The number of benzene rings is 2. The molecule has 4 nitrogen and oxygen atoms in total. The maximum absolute atomic E-state index is 14.2. The Labute approximate surface area is 170 Å². The molecule has 1 amide bonds. The van der Waals surface area contributed by atoms with Crippen LogP contribution in [0.3, 0.4) is 0 Å². The lowest BCUT2D eigenvalue weighted by Gasteiger charge is -2.35. The van der Waals surface area contributed by atoms with Gasteiger partial charge in [-0.1, -0.05) is 54.6 Å². The Morgan fingerprint density at radius 3 is 2.59 bits per heavy atom. The maximum atomic E-state index is 14.2. The molecule has 0 aliphatic carbocycles. The summed E-state index contributed by atoms with van der Waals surface area (Å²) in [5, 5.41) is 0. The number of ether oxygens (including phenoxy) is 1. The lowest BCUT2D eigenvalue weighted by molar-refractivity contribution is -0.140. The number of rotatable bonds is 5. The number of pyridine rings is 1. The van der Waals surface area contributed by atoms with Gasteiger partial charge in [0.1, 0.15) is 11.9 Å². The first-order valence-corrected chi connectivity index (χ1v) is 9.82. The molecule has 1 aromatic heterocycles. The Balaban J connectivity index is 1.57. The fourth-order valence-corrected chi connectivity index (χ4v) is 3.76. The molecule has 0 saturated carbocycles. The number of halogens is 1. The van der Waals surface area contributed by atoms with Crippen molar-refractivity contribution >= 4 is 5.91 Å². The monoisotopic (exact) mass is 390 g/mol. The highest BCUT2D eigenvalue weighted by Gasteiger charge is 2.32. The van der Waals surface area contributed by atoms with Crippen LogP contribution >= 0.6 is 0 Å². The molecule has 2 aromatic carbocycles. The second-order valence-corrected chi connectivity index (χ2v) is 7.15. The molecule has 1 aliphatic rings. The fraction of sp³-hybridized carbons (Fsp3) is 0.250. The number of carbonyl (C=O) groups excluding carboxylic acids is 1. The number of aromatic nitrogens is 1. The first-order valence-electron chi connectivity index (χ1n) is 9.82. The SMILES string of the molecule is O=C(C(Cc1ccccn1)c1ccccc1)N1CCOC(c2ccccc2F)C1. The third kappa shape index (κ3) is 4.51. The van der Waals surface area contributed by atoms with Gasteiger partial charge in [0.2, 0.25) is 5.91 Å². The second-order valence-electron chi connectivity index (χ2n) is 7.15. The maximum Gasteiger partial charge on any atom is 0.230 e. The van der Waals surface area contributed by atoms with E-state index in [2.05, 4.69) is 4.98 Å².